The lowest BCUT2D eigenvalue weighted by Gasteiger charge is -2.30. The molecule has 37 heavy (non-hydrogen) atoms. The van der Waals surface area contributed by atoms with Gasteiger partial charge < -0.3 is 34.1 Å². The zero-order valence-electron chi connectivity index (χ0n) is 21.5. The van der Waals surface area contributed by atoms with E-state index in [1.165, 1.54) is 0 Å². The molecule has 1 atom stereocenters. The maximum absolute atomic E-state index is 11.5. The van der Waals surface area contributed by atoms with E-state index in [0.717, 1.165) is 66.8 Å². The van der Waals surface area contributed by atoms with Crippen molar-refractivity contribution in [3.05, 3.63) is 78.5 Å². The zero-order chi connectivity index (χ0) is 25.6. The van der Waals surface area contributed by atoms with E-state index in [9.17, 15) is 5.11 Å². The Labute approximate surface area is 218 Å². The Balaban J connectivity index is 1.49. The second kappa shape index (κ2) is 11.5. The van der Waals surface area contributed by atoms with E-state index in [1.807, 2.05) is 65.2 Å². The van der Waals surface area contributed by atoms with Gasteiger partial charge in [0.2, 0.25) is 0 Å². The highest BCUT2D eigenvalue weighted by Crippen LogP contribution is 2.40. The third-order valence-electron chi connectivity index (χ3n) is 7.06. The molecule has 0 radical (unpaired) electrons. The van der Waals surface area contributed by atoms with Crippen LogP contribution in [0.1, 0.15) is 24.4 Å². The number of nitrogens with zero attached hydrogens (tertiary/aromatic N) is 2. The van der Waals surface area contributed by atoms with Crippen molar-refractivity contribution in [2.75, 3.05) is 51.9 Å². The minimum Gasteiger partial charge on any atom is -0.494 e. The summed E-state index contributed by atoms with van der Waals surface area (Å²) in [5.74, 6) is 2.49. The lowest BCUT2D eigenvalue weighted by Crippen LogP contribution is -2.43. The van der Waals surface area contributed by atoms with Crippen LogP contribution in [-0.4, -0.2) is 56.7 Å². The van der Waals surface area contributed by atoms with E-state index >= 15 is 0 Å². The summed E-state index contributed by atoms with van der Waals surface area (Å²) in [4.78, 5) is 2.39. The Hall–Kier alpha value is -3.84. The lowest BCUT2D eigenvalue weighted by molar-refractivity contribution is 0.293. The summed E-state index contributed by atoms with van der Waals surface area (Å²) in [5.41, 5.74) is 2.20. The van der Waals surface area contributed by atoms with Gasteiger partial charge in [0.05, 0.1) is 26.9 Å². The van der Waals surface area contributed by atoms with Gasteiger partial charge in [0.1, 0.15) is 5.75 Å². The van der Waals surface area contributed by atoms with E-state index in [4.69, 9.17) is 14.2 Å². The summed E-state index contributed by atoms with van der Waals surface area (Å²) in [7, 11) is 3.28. The second-order valence-electron chi connectivity index (χ2n) is 9.27. The molecule has 1 saturated heterocycles. The van der Waals surface area contributed by atoms with E-state index in [-0.39, 0.29) is 11.9 Å². The monoisotopic (exact) mass is 501 g/mol. The Morgan fingerprint density at radius 1 is 0.892 bits per heavy atom. The molecule has 0 aliphatic carbocycles. The van der Waals surface area contributed by atoms with Gasteiger partial charge in [-0.25, -0.2) is 0 Å². The Morgan fingerprint density at radius 2 is 1.68 bits per heavy atom. The van der Waals surface area contributed by atoms with Gasteiger partial charge >= 0.3 is 0 Å². The van der Waals surface area contributed by atoms with Crippen LogP contribution >= 0.6 is 0 Å². The van der Waals surface area contributed by atoms with Crippen molar-refractivity contribution in [3.8, 4) is 23.1 Å². The zero-order valence-corrected chi connectivity index (χ0v) is 21.5. The van der Waals surface area contributed by atoms with E-state index in [2.05, 4.69) is 22.5 Å². The molecule has 1 aliphatic rings. The maximum Gasteiger partial charge on any atom is 0.199 e. The molecule has 4 aromatic rings. The van der Waals surface area contributed by atoms with Crippen molar-refractivity contribution in [2.24, 2.45) is 0 Å². The van der Waals surface area contributed by atoms with Crippen LogP contribution in [0.3, 0.4) is 0 Å². The number of para-hydroxylation sites is 1. The highest BCUT2D eigenvalue weighted by molar-refractivity contribution is 5.98. The number of methoxy groups -OCH3 is 2. The highest BCUT2D eigenvalue weighted by atomic mass is 16.5. The van der Waals surface area contributed by atoms with E-state index in [1.54, 1.807) is 14.2 Å². The predicted octanol–water partition coefficient (Wildman–Crippen LogP) is 5.22. The Morgan fingerprint density at radius 3 is 2.43 bits per heavy atom. The number of benzene rings is 3. The molecule has 2 N–H and O–H groups in total. The smallest absolute Gasteiger partial charge is 0.199 e. The molecule has 2 heterocycles. The van der Waals surface area contributed by atoms with E-state index in [0.29, 0.717) is 18.1 Å². The van der Waals surface area contributed by atoms with Crippen LogP contribution in [0.5, 0.6) is 23.1 Å². The Kier molecular flexibility index (Phi) is 7.70. The quantitative estimate of drug-likeness (QED) is 0.290. The molecular formula is C30H35N3O4. The maximum atomic E-state index is 11.5. The molecule has 0 saturated carbocycles. The molecule has 0 amide bonds. The van der Waals surface area contributed by atoms with Crippen LogP contribution in [0.2, 0.25) is 0 Å². The number of piperazine rings is 1. The number of aromatic hydroxyl groups is 1. The fourth-order valence-electron chi connectivity index (χ4n) is 5.15. The van der Waals surface area contributed by atoms with Gasteiger partial charge in [0.25, 0.3) is 0 Å². The minimum absolute atomic E-state index is 0.109. The summed E-state index contributed by atoms with van der Waals surface area (Å²) < 4.78 is 19.0. The van der Waals surface area contributed by atoms with Gasteiger partial charge in [-0.15, -0.1) is 0 Å². The van der Waals surface area contributed by atoms with E-state index < -0.39 is 0 Å². The first-order valence-electron chi connectivity index (χ1n) is 12.9. The number of anilines is 1. The van der Waals surface area contributed by atoms with Crippen LogP contribution in [-0.2, 0) is 0 Å². The van der Waals surface area contributed by atoms with Gasteiger partial charge in [-0.3, -0.25) is 0 Å². The van der Waals surface area contributed by atoms with Gasteiger partial charge in [-0.1, -0.05) is 30.3 Å². The van der Waals surface area contributed by atoms with Crippen LogP contribution in [0, 0.1) is 0 Å². The lowest BCUT2D eigenvalue weighted by atomic mass is 10.0. The molecule has 7 nitrogen and oxygen atoms in total. The average molecular weight is 502 g/mol. The number of aromatic nitrogens is 1. The number of nitrogens with one attached hydrogen (secondary N) is 1. The fourth-order valence-corrected chi connectivity index (χ4v) is 5.15. The SMILES string of the molecule is COc1ccc([C@@H](CCCOc2ccccc2)n2cc3c(N4CCNCC4)cccc3c2O)cc1OC. The molecule has 1 aromatic heterocycles. The first-order valence-corrected chi connectivity index (χ1v) is 12.9. The predicted molar refractivity (Wildman–Crippen MR) is 148 cm³/mol. The highest BCUT2D eigenvalue weighted by Gasteiger charge is 2.23. The van der Waals surface area contributed by atoms with Crippen LogP contribution < -0.4 is 24.4 Å². The van der Waals surface area contributed by atoms with Crippen LogP contribution in [0.25, 0.3) is 10.8 Å². The minimum atomic E-state index is -0.109. The molecule has 0 spiro atoms. The van der Waals surface area contributed by atoms with Gasteiger partial charge in [-0.05, 0) is 54.8 Å². The molecule has 194 valence electrons. The molecule has 5 rings (SSSR count). The first kappa shape index (κ1) is 24.8. The first-order chi connectivity index (χ1) is 18.2. The molecule has 1 fully saturated rings. The van der Waals surface area contributed by atoms with Crippen molar-refractivity contribution < 1.29 is 19.3 Å². The molecule has 3 aromatic carbocycles. The van der Waals surface area contributed by atoms with Gasteiger partial charge in [0, 0.05) is 48.8 Å². The normalized spacial score (nSPS) is 14.5. The number of ether oxygens (including phenoxy) is 3. The fraction of sp³-hybridized carbons (Fsp3) is 0.333. The molecule has 7 heteroatoms. The summed E-state index contributed by atoms with van der Waals surface area (Å²) in [6.45, 7) is 4.39. The van der Waals surface area contributed by atoms with Crippen LogP contribution in [0.4, 0.5) is 5.69 Å². The largest absolute Gasteiger partial charge is 0.494 e. The number of hydrogen-bond donors (Lipinski definition) is 2. The van der Waals surface area contributed by atoms with Gasteiger partial charge in [0.15, 0.2) is 17.4 Å². The van der Waals surface area contributed by atoms with Crippen molar-refractivity contribution in [1.29, 1.82) is 0 Å². The number of hydrogen-bond acceptors (Lipinski definition) is 6. The summed E-state index contributed by atoms with van der Waals surface area (Å²) in [6, 6.07) is 21.9. The topological polar surface area (TPSA) is 68.1 Å². The average Bonchev–Trinajstić information content (AvgIpc) is 3.29. The van der Waals surface area contributed by atoms with Crippen LogP contribution in [0.15, 0.2) is 72.9 Å². The summed E-state index contributed by atoms with van der Waals surface area (Å²) in [6.07, 6.45) is 3.69. The summed E-state index contributed by atoms with van der Waals surface area (Å²) >= 11 is 0. The van der Waals surface area contributed by atoms with Crippen molar-refractivity contribution >= 4 is 16.5 Å². The number of fused-ring (bicyclic) bond motifs is 1. The van der Waals surface area contributed by atoms with Gasteiger partial charge in [-0.2, -0.15) is 0 Å². The molecular weight excluding hydrogens is 466 g/mol. The molecule has 1 aliphatic heterocycles. The third-order valence-corrected chi connectivity index (χ3v) is 7.06. The second-order valence-corrected chi connectivity index (χ2v) is 9.27. The van der Waals surface area contributed by atoms with Crippen molar-refractivity contribution in [3.63, 3.8) is 0 Å². The number of rotatable bonds is 10. The molecule has 0 bridgehead atoms. The molecule has 0 unspecified atom stereocenters. The van der Waals surface area contributed by atoms with Crippen molar-refractivity contribution in [2.45, 2.75) is 18.9 Å². The standard InChI is InChI=1S/C30H35N3O4/c1-35-28-14-13-22(20-29(28)36-2)26(12-7-19-37-23-8-4-3-5-9-23)33-21-25-24(30(33)34)10-6-11-27(25)32-17-15-31-16-18-32/h3-6,8-11,13-14,20-21,26,31,34H,7,12,15-19H2,1-2H3/t26-/m1/s1. The third kappa shape index (κ3) is 5.32. The Bertz CT molecular complexity index is 1320. The van der Waals surface area contributed by atoms with Crippen molar-refractivity contribution in [1.82, 2.24) is 9.88 Å². The summed E-state index contributed by atoms with van der Waals surface area (Å²) in [5, 5.41) is 16.8.